The Kier molecular flexibility index (Phi) is 4.70. The van der Waals surface area contributed by atoms with Gasteiger partial charge in [-0.1, -0.05) is 13.8 Å². The van der Waals surface area contributed by atoms with Crippen LogP contribution in [0.5, 0.6) is 0 Å². The van der Waals surface area contributed by atoms with Gasteiger partial charge in [-0.3, -0.25) is 9.59 Å². The highest BCUT2D eigenvalue weighted by Gasteiger charge is 2.29. The fourth-order valence-electron chi connectivity index (χ4n) is 1.14. The first-order valence-electron chi connectivity index (χ1n) is 4.55. The fourth-order valence-corrected chi connectivity index (χ4v) is 3.34. The van der Waals surface area contributed by atoms with Crippen LogP contribution in [-0.4, -0.2) is 16.9 Å². The normalized spacial score (nSPS) is 14.5. The zero-order valence-corrected chi connectivity index (χ0v) is 12.6. The molecule has 0 aliphatic rings. The van der Waals surface area contributed by atoms with E-state index in [0.717, 1.165) is 4.47 Å². The van der Waals surface area contributed by atoms with Crippen molar-refractivity contribution >= 4 is 54.9 Å². The van der Waals surface area contributed by atoms with E-state index in [2.05, 4.69) is 31.9 Å². The van der Waals surface area contributed by atoms with E-state index >= 15 is 0 Å². The molecule has 88 valence electrons. The molecule has 2 unspecified atom stereocenters. The van der Waals surface area contributed by atoms with Gasteiger partial charge in [-0.25, -0.2) is 0 Å². The molecular weight excluding hydrogens is 360 g/mol. The van der Waals surface area contributed by atoms with Crippen molar-refractivity contribution in [3.8, 4) is 0 Å². The molecule has 1 aromatic heterocycles. The molecule has 1 N–H and O–H groups in total. The number of aliphatic carboxylic acids is 1. The summed E-state index contributed by atoms with van der Waals surface area (Å²) in [6.45, 7) is 3.18. The maximum atomic E-state index is 12.0. The van der Waals surface area contributed by atoms with Gasteiger partial charge in [0.05, 0.1) is 15.3 Å². The number of hydrogen-bond acceptors (Lipinski definition) is 3. The van der Waals surface area contributed by atoms with Gasteiger partial charge in [0.15, 0.2) is 5.78 Å². The maximum Gasteiger partial charge on any atom is 0.306 e. The zero-order valence-electron chi connectivity index (χ0n) is 8.66. The first-order chi connectivity index (χ1) is 7.36. The molecule has 1 rings (SSSR count). The lowest BCUT2D eigenvalue weighted by atomic mass is 9.91. The monoisotopic (exact) mass is 368 g/mol. The molecule has 0 saturated carbocycles. The predicted octanol–water partition coefficient (Wildman–Crippen LogP) is 3.81. The fraction of sp³-hybridized carbons (Fsp3) is 0.400. The number of carbonyl (C=O) groups is 2. The highest BCUT2D eigenvalue weighted by molar-refractivity contribution is 9.13. The van der Waals surface area contributed by atoms with E-state index in [1.165, 1.54) is 11.3 Å². The van der Waals surface area contributed by atoms with E-state index in [9.17, 15) is 9.59 Å². The van der Waals surface area contributed by atoms with Crippen LogP contribution < -0.4 is 0 Å². The average molecular weight is 370 g/mol. The van der Waals surface area contributed by atoms with Crippen LogP contribution in [0.15, 0.2) is 14.3 Å². The average Bonchev–Trinajstić information content (AvgIpc) is 2.56. The van der Waals surface area contributed by atoms with Gasteiger partial charge in [-0.2, -0.15) is 0 Å². The second-order valence-corrected chi connectivity index (χ2v) is 6.03. The predicted molar refractivity (Wildman–Crippen MR) is 70.0 cm³/mol. The quantitative estimate of drug-likeness (QED) is 0.821. The third-order valence-electron chi connectivity index (χ3n) is 2.47. The van der Waals surface area contributed by atoms with E-state index < -0.39 is 17.8 Å². The van der Waals surface area contributed by atoms with Crippen molar-refractivity contribution in [1.82, 2.24) is 0 Å². The van der Waals surface area contributed by atoms with Crippen LogP contribution >= 0.6 is 43.2 Å². The second kappa shape index (κ2) is 5.42. The molecule has 1 aromatic rings. The van der Waals surface area contributed by atoms with Gasteiger partial charge in [0.2, 0.25) is 0 Å². The van der Waals surface area contributed by atoms with Crippen molar-refractivity contribution in [1.29, 1.82) is 0 Å². The van der Waals surface area contributed by atoms with Crippen LogP contribution in [0.4, 0.5) is 0 Å². The number of carboxylic acid groups (broad SMARTS) is 1. The lowest BCUT2D eigenvalue weighted by molar-refractivity contribution is -0.142. The molecular formula is C10H10Br2O3S. The Labute approximate surface area is 114 Å². The van der Waals surface area contributed by atoms with Gasteiger partial charge in [-0.05, 0) is 31.9 Å². The number of hydrogen-bond donors (Lipinski definition) is 1. The number of carbonyl (C=O) groups excluding carboxylic acids is 1. The Morgan fingerprint density at radius 3 is 2.25 bits per heavy atom. The lowest BCUT2D eigenvalue weighted by Crippen LogP contribution is -2.25. The molecule has 0 aromatic carbocycles. The SMILES string of the molecule is CC(C(=O)O)C(C)C(=O)c1scc(Br)c1Br. The van der Waals surface area contributed by atoms with Crippen molar-refractivity contribution in [2.45, 2.75) is 13.8 Å². The number of ketones is 1. The van der Waals surface area contributed by atoms with Crippen molar-refractivity contribution in [2.75, 3.05) is 0 Å². The van der Waals surface area contributed by atoms with Gasteiger partial charge in [-0.15, -0.1) is 11.3 Å². The molecule has 1 heterocycles. The lowest BCUT2D eigenvalue weighted by Gasteiger charge is -2.13. The minimum absolute atomic E-state index is 0.141. The van der Waals surface area contributed by atoms with E-state index in [-0.39, 0.29) is 5.78 Å². The summed E-state index contributed by atoms with van der Waals surface area (Å²) in [6.07, 6.45) is 0. The van der Waals surface area contributed by atoms with Crippen molar-refractivity contribution in [2.24, 2.45) is 11.8 Å². The highest BCUT2D eigenvalue weighted by Crippen LogP contribution is 2.35. The number of halogens is 2. The van der Waals surface area contributed by atoms with Crippen molar-refractivity contribution in [3.63, 3.8) is 0 Å². The van der Waals surface area contributed by atoms with Crippen LogP contribution in [0.25, 0.3) is 0 Å². The zero-order chi connectivity index (χ0) is 12.5. The van der Waals surface area contributed by atoms with Crippen LogP contribution in [-0.2, 0) is 4.79 Å². The minimum atomic E-state index is -0.951. The second-order valence-electron chi connectivity index (χ2n) is 3.51. The van der Waals surface area contributed by atoms with Crippen molar-refractivity contribution in [3.05, 3.63) is 19.2 Å². The first kappa shape index (κ1) is 13.9. The summed E-state index contributed by atoms with van der Waals surface area (Å²) in [5.41, 5.74) is 0. The molecule has 3 nitrogen and oxygen atoms in total. The van der Waals surface area contributed by atoms with Gasteiger partial charge < -0.3 is 5.11 Å². The number of rotatable bonds is 4. The maximum absolute atomic E-state index is 12.0. The van der Waals surface area contributed by atoms with Crippen LogP contribution in [0.2, 0.25) is 0 Å². The largest absolute Gasteiger partial charge is 0.481 e. The number of carboxylic acids is 1. The molecule has 0 saturated heterocycles. The molecule has 0 aliphatic carbocycles. The summed E-state index contributed by atoms with van der Waals surface area (Å²) < 4.78 is 1.52. The molecule has 0 radical (unpaired) electrons. The smallest absolute Gasteiger partial charge is 0.306 e. The molecule has 6 heteroatoms. The minimum Gasteiger partial charge on any atom is -0.481 e. The Morgan fingerprint density at radius 2 is 1.88 bits per heavy atom. The Bertz CT molecular complexity index is 428. The third-order valence-corrected chi connectivity index (χ3v) is 6.01. The standard InChI is InChI=1S/C10H10Br2O3S/c1-4(5(2)10(14)15)8(13)9-7(12)6(11)3-16-9/h3-5H,1-2H3,(H,14,15). The molecule has 0 spiro atoms. The van der Waals surface area contributed by atoms with E-state index in [4.69, 9.17) is 5.11 Å². The molecule has 0 amide bonds. The van der Waals surface area contributed by atoms with Gasteiger partial charge >= 0.3 is 5.97 Å². The van der Waals surface area contributed by atoms with Crippen LogP contribution in [0, 0.1) is 11.8 Å². The molecule has 0 fully saturated rings. The Morgan fingerprint density at radius 1 is 1.31 bits per heavy atom. The molecule has 0 aliphatic heterocycles. The van der Waals surface area contributed by atoms with Gasteiger partial charge in [0.25, 0.3) is 0 Å². The summed E-state index contributed by atoms with van der Waals surface area (Å²) in [7, 11) is 0. The summed E-state index contributed by atoms with van der Waals surface area (Å²) in [6, 6.07) is 0. The van der Waals surface area contributed by atoms with E-state index in [0.29, 0.717) is 9.35 Å². The van der Waals surface area contributed by atoms with Crippen LogP contribution in [0.3, 0.4) is 0 Å². The van der Waals surface area contributed by atoms with Gasteiger partial charge in [0.1, 0.15) is 0 Å². The van der Waals surface area contributed by atoms with E-state index in [1.54, 1.807) is 19.2 Å². The third kappa shape index (κ3) is 2.73. The highest BCUT2D eigenvalue weighted by atomic mass is 79.9. The number of Topliss-reactive ketones (excluding diaryl/α,β-unsaturated/α-hetero) is 1. The summed E-state index contributed by atoms with van der Waals surface area (Å²) >= 11 is 7.90. The van der Waals surface area contributed by atoms with Crippen LogP contribution in [0.1, 0.15) is 23.5 Å². The Hall–Kier alpha value is -0.200. The van der Waals surface area contributed by atoms with Gasteiger partial charge in [0, 0.05) is 15.8 Å². The first-order valence-corrected chi connectivity index (χ1v) is 7.02. The Balaban J connectivity index is 2.95. The number of thiophene rings is 1. The molecule has 16 heavy (non-hydrogen) atoms. The summed E-state index contributed by atoms with van der Waals surface area (Å²) in [5, 5.41) is 10.7. The molecule has 2 atom stereocenters. The summed E-state index contributed by atoms with van der Waals surface area (Å²) in [4.78, 5) is 23.4. The van der Waals surface area contributed by atoms with Crippen molar-refractivity contribution < 1.29 is 14.7 Å². The molecule has 0 bridgehead atoms. The topological polar surface area (TPSA) is 54.4 Å². The summed E-state index contributed by atoms with van der Waals surface area (Å²) in [5.74, 6) is -2.30. The van der Waals surface area contributed by atoms with E-state index in [1.807, 2.05) is 0 Å².